The van der Waals surface area contributed by atoms with Gasteiger partial charge in [-0.25, -0.2) is 4.98 Å². The lowest BCUT2D eigenvalue weighted by Crippen LogP contribution is -2.42. The molecule has 1 aliphatic heterocycles. The van der Waals surface area contributed by atoms with Crippen molar-refractivity contribution in [2.75, 3.05) is 18.0 Å². The van der Waals surface area contributed by atoms with Gasteiger partial charge in [-0.2, -0.15) is 0 Å². The monoisotopic (exact) mass is 259 g/mol. The zero-order valence-corrected chi connectivity index (χ0v) is 11.9. The van der Waals surface area contributed by atoms with E-state index in [0.717, 1.165) is 17.4 Å². The van der Waals surface area contributed by atoms with Crippen molar-refractivity contribution in [3.63, 3.8) is 0 Å². The average Bonchev–Trinajstić information content (AvgIpc) is 2.46. The number of aromatic nitrogens is 1. The van der Waals surface area contributed by atoms with Crippen molar-refractivity contribution < 1.29 is 0 Å². The first-order valence-electron chi connectivity index (χ1n) is 7.68. The van der Waals surface area contributed by atoms with Crippen LogP contribution < -0.4 is 10.6 Å². The Morgan fingerprint density at radius 1 is 1.26 bits per heavy atom. The van der Waals surface area contributed by atoms with Crippen LogP contribution in [-0.2, 0) is 6.54 Å². The van der Waals surface area contributed by atoms with Crippen molar-refractivity contribution in [2.24, 2.45) is 17.6 Å². The van der Waals surface area contributed by atoms with Crippen LogP contribution in [0.2, 0.25) is 0 Å². The predicted octanol–water partition coefficient (Wildman–Crippen LogP) is 2.87. The molecule has 2 heterocycles. The largest absolute Gasteiger partial charge is 0.356 e. The van der Waals surface area contributed by atoms with Crippen molar-refractivity contribution >= 4 is 5.82 Å². The lowest BCUT2D eigenvalue weighted by molar-refractivity contribution is 0.202. The van der Waals surface area contributed by atoms with Crippen LogP contribution in [0.3, 0.4) is 0 Å². The molecule has 0 bridgehead atoms. The van der Waals surface area contributed by atoms with Crippen LogP contribution in [-0.4, -0.2) is 18.1 Å². The topological polar surface area (TPSA) is 42.1 Å². The van der Waals surface area contributed by atoms with Gasteiger partial charge < -0.3 is 10.6 Å². The number of aryl methyl sites for hydroxylation is 1. The third-order valence-electron chi connectivity index (χ3n) is 4.93. The van der Waals surface area contributed by atoms with Crippen LogP contribution in [0.1, 0.15) is 43.2 Å². The van der Waals surface area contributed by atoms with Crippen LogP contribution in [0.4, 0.5) is 5.82 Å². The highest BCUT2D eigenvalue weighted by atomic mass is 15.2. The molecule has 1 aromatic heterocycles. The van der Waals surface area contributed by atoms with Crippen molar-refractivity contribution in [3.8, 4) is 0 Å². The lowest BCUT2D eigenvalue weighted by atomic mass is 9.75. The van der Waals surface area contributed by atoms with E-state index in [1.807, 2.05) is 6.20 Å². The third-order valence-corrected chi connectivity index (χ3v) is 4.93. The number of pyridine rings is 1. The fourth-order valence-electron chi connectivity index (χ4n) is 3.86. The van der Waals surface area contributed by atoms with Crippen molar-refractivity contribution in [1.82, 2.24) is 4.98 Å². The Bertz CT molecular complexity index is 444. The Labute approximate surface area is 116 Å². The SMILES string of the molecule is Cc1cc(CN)cnc1N1CCC2CCCCC2C1. The van der Waals surface area contributed by atoms with Crippen LogP contribution in [0, 0.1) is 18.8 Å². The molecule has 3 rings (SSSR count). The summed E-state index contributed by atoms with van der Waals surface area (Å²) in [5, 5.41) is 0. The smallest absolute Gasteiger partial charge is 0.131 e. The van der Waals surface area contributed by atoms with Gasteiger partial charge in [0.1, 0.15) is 5.82 Å². The number of hydrogen-bond donors (Lipinski definition) is 1. The number of rotatable bonds is 2. The highest BCUT2D eigenvalue weighted by Gasteiger charge is 2.31. The minimum absolute atomic E-state index is 0.582. The fraction of sp³-hybridized carbons (Fsp3) is 0.688. The van der Waals surface area contributed by atoms with E-state index < -0.39 is 0 Å². The summed E-state index contributed by atoms with van der Waals surface area (Å²) in [6, 6.07) is 2.19. The Morgan fingerprint density at radius 2 is 2.05 bits per heavy atom. The number of piperidine rings is 1. The Kier molecular flexibility index (Phi) is 3.74. The molecule has 1 saturated carbocycles. The molecule has 3 heteroatoms. The molecule has 0 radical (unpaired) electrons. The summed E-state index contributed by atoms with van der Waals surface area (Å²) in [7, 11) is 0. The first kappa shape index (κ1) is 12.9. The minimum Gasteiger partial charge on any atom is -0.356 e. The van der Waals surface area contributed by atoms with Gasteiger partial charge in [-0.1, -0.05) is 19.3 Å². The zero-order valence-electron chi connectivity index (χ0n) is 11.9. The molecule has 104 valence electrons. The molecule has 2 aliphatic rings. The molecule has 2 N–H and O–H groups in total. The summed E-state index contributed by atoms with van der Waals surface area (Å²) in [5.74, 6) is 3.06. The van der Waals surface area contributed by atoms with Gasteiger partial charge in [0.25, 0.3) is 0 Å². The third kappa shape index (κ3) is 2.62. The molecule has 2 fully saturated rings. The second-order valence-corrected chi connectivity index (χ2v) is 6.23. The van der Waals surface area contributed by atoms with E-state index in [9.17, 15) is 0 Å². The van der Waals surface area contributed by atoms with Crippen LogP contribution in [0.5, 0.6) is 0 Å². The zero-order chi connectivity index (χ0) is 13.2. The van der Waals surface area contributed by atoms with Crippen molar-refractivity contribution in [1.29, 1.82) is 0 Å². The van der Waals surface area contributed by atoms with Gasteiger partial charge in [0.05, 0.1) is 0 Å². The molecular weight excluding hydrogens is 234 g/mol. The Hall–Kier alpha value is -1.09. The molecule has 2 unspecified atom stereocenters. The summed E-state index contributed by atoms with van der Waals surface area (Å²) in [5.41, 5.74) is 8.09. The molecular formula is C16H25N3. The van der Waals surface area contributed by atoms with Crippen LogP contribution in [0.25, 0.3) is 0 Å². The maximum atomic E-state index is 5.68. The number of fused-ring (bicyclic) bond motifs is 1. The molecule has 0 spiro atoms. The van der Waals surface area contributed by atoms with Crippen molar-refractivity contribution in [3.05, 3.63) is 23.4 Å². The number of anilines is 1. The van der Waals surface area contributed by atoms with Gasteiger partial charge in [-0.05, 0) is 48.8 Å². The molecule has 0 aromatic carbocycles. The molecule has 19 heavy (non-hydrogen) atoms. The Morgan fingerprint density at radius 3 is 2.79 bits per heavy atom. The summed E-state index contributed by atoms with van der Waals surface area (Å²) in [6.07, 6.45) is 9.04. The minimum atomic E-state index is 0.582. The first-order chi connectivity index (χ1) is 9.28. The highest BCUT2D eigenvalue weighted by Crippen LogP contribution is 2.37. The van der Waals surface area contributed by atoms with Crippen LogP contribution in [0.15, 0.2) is 12.3 Å². The van der Waals surface area contributed by atoms with E-state index >= 15 is 0 Å². The molecule has 3 nitrogen and oxygen atoms in total. The highest BCUT2D eigenvalue weighted by molar-refractivity contribution is 5.47. The number of hydrogen-bond acceptors (Lipinski definition) is 3. The standard InChI is InChI=1S/C16H25N3/c1-12-8-13(9-17)10-18-16(12)19-7-6-14-4-2-3-5-15(14)11-19/h8,10,14-15H,2-7,9,11,17H2,1H3. The van der Waals surface area contributed by atoms with E-state index in [1.165, 1.54) is 56.6 Å². The summed E-state index contributed by atoms with van der Waals surface area (Å²) in [4.78, 5) is 7.16. The Balaban J connectivity index is 1.75. The summed E-state index contributed by atoms with van der Waals surface area (Å²) < 4.78 is 0. The van der Waals surface area contributed by atoms with Gasteiger partial charge in [-0.15, -0.1) is 0 Å². The van der Waals surface area contributed by atoms with Gasteiger partial charge in [0, 0.05) is 25.8 Å². The molecule has 1 aromatic rings. The second-order valence-electron chi connectivity index (χ2n) is 6.23. The lowest BCUT2D eigenvalue weighted by Gasteiger charge is -2.42. The molecule has 1 saturated heterocycles. The fourth-order valence-corrected chi connectivity index (χ4v) is 3.86. The van der Waals surface area contributed by atoms with E-state index in [1.54, 1.807) is 0 Å². The van der Waals surface area contributed by atoms with Crippen LogP contribution >= 0.6 is 0 Å². The number of nitrogens with two attached hydrogens (primary N) is 1. The summed E-state index contributed by atoms with van der Waals surface area (Å²) in [6.45, 7) is 5.13. The first-order valence-corrected chi connectivity index (χ1v) is 7.68. The van der Waals surface area contributed by atoms with Gasteiger partial charge in [0.15, 0.2) is 0 Å². The van der Waals surface area contributed by atoms with Gasteiger partial charge >= 0.3 is 0 Å². The van der Waals surface area contributed by atoms with E-state index in [0.29, 0.717) is 6.54 Å². The van der Waals surface area contributed by atoms with E-state index in [4.69, 9.17) is 5.73 Å². The van der Waals surface area contributed by atoms with Gasteiger partial charge in [-0.3, -0.25) is 0 Å². The average molecular weight is 259 g/mol. The molecule has 1 aliphatic carbocycles. The maximum Gasteiger partial charge on any atom is 0.131 e. The normalized spacial score (nSPS) is 27.2. The van der Waals surface area contributed by atoms with E-state index in [-0.39, 0.29) is 0 Å². The molecule has 2 atom stereocenters. The predicted molar refractivity (Wildman–Crippen MR) is 79.1 cm³/mol. The van der Waals surface area contributed by atoms with Crippen molar-refractivity contribution in [2.45, 2.75) is 45.6 Å². The van der Waals surface area contributed by atoms with E-state index in [2.05, 4.69) is 22.9 Å². The number of nitrogens with zero attached hydrogens (tertiary/aromatic N) is 2. The summed E-state index contributed by atoms with van der Waals surface area (Å²) >= 11 is 0. The maximum absolute atomic E-state index is 5.68. The second kappa shape index (κ2) is 5.49. The molecule has 0 amide bonds. The van der Waals surface area contributed by atoms with Gasteiger partial charge in [0.2, 0.25) is 0 Å². The quantitative estimate of drug-likeness (QED) is 0.888.